The highest BCUT2D eigenvalue weighted by Gasteiger charge is 2.41. The second kappa shape index (κ2) is 9.82. The van der Waals surface area contributed by atoms with E-state index in [0.29, 0.717) is 52.2 Å². The van der Waals surface area contributed by atoms with Gasteiger partial charge in [0.2, 0.25) is 0 Å². The predicted octanol–water partition coefficient (Wildman–Crippen LogP) is 6.16. The average Bonchev–Trinajstić information content (AvgIpc) is 2.73. The monoisotopic (exact) mass is 432 g/mol. The number of ether oxygens (including phenoxy) is 2. The summed E-state index contributed by atoms with van der Waals surface area (Å²) in [6, 6.07) is 0. The van der Waals surface area contributed by atoms with E-state index in [4.69, 9.17) is 21.1 Å². The third-order valence-electron chi connectivity index (χ3n) is 6.89. The van der Waals surface area contributed by atoms with Crippen molar-refractivity contribution in [2.75, 3.05) is 14.2 Å². The molecule has 30 heavy (non-hydrogen) atoms. The van der Waals surface area contributed by atoms with Gasteiger partial charge in [0, 0.05) is 17.9 Å². The molecule has 0 aromatic heterocycles. The molecule has 2 rings (SSSR count). The van der Waals surface area contributed by atoms with E-state index in [1.807, 2.05) is 13.8 Å². The lowest BCUT2D eigenvalue weighted by Gasteiger charge is -2.42. The molecule has 1 saturated carbocycles. The van der Waals surface area contributed by atoms with Crippen molar-refractivity contribution in [3.63, 3.8) is 0 Å². The van der Waals surface area contributed by atoms with Crippen LogP contribution in [0.3, 0.4) is 0 Å². The van der Waals surface area contributed by atoms with E-state index < -0.39 is 0 Å². The lowest BCUT2D eigenvalue weighted by Crippen LogP contribution is -2.40. The minimum absolute atomic E-state index is 0.0107. The molecule has 3 atom stereocenters. The van der Waals surface area contributed by atoms with Crippen molar-refractivity contribution in [1.82, 2.24) is 0 Å². The van der Waals surface area contributed by atoms with Crippen LogP contribution in [0.25, 0.3) is 0 Å². The van der Waals surface area contributed by atoms with E-state index in [9.17, 15) is 9.59 Å². The van der Waals surface area contributed by atoms with Crippen LogP contribution in [0, 0.1) is 24.2 Å². The van der Waals surface area contributed by atoms with Crippen LogP contribution in [0.1, 0.15) is 62.0 Å². The van der Waals surface area contributed by atoms with Crippen molar-refractivity contribution in [2.24, 2.45) is 17.3 Å². The largest absolute Gasteiger partial charge is 0.496 e. The summed E-state index contributed by atoms with van der Waals surface area (Å²) in [5, 5.41) is 0.424. The van der Waals surface area contributed by atoms with Gasteiger partial charge in [-0.1, -0.05) is 56.2 Å². The number of carbonyl (C=O) groups is 2. The minimum Gasteiger partial charge on any atom is -0.496 e. The van der Waals surface area contributed by atoms with Gasteiger partial charge in [-0.2, -0.15) is 0 Å². The third-order valence-corrected chi connectivity index (χ3v) is 7.34. The van der Waals surface area contributed by atoms with Gasteiger partial charge in [0.1, 0.15) is 17.3 Å². The molecule has 164 valence electrons. The van der Waals surface area contributed by atoms with Crippen LogP contribution >= 0.6 is 11.6 Å². The van der Waals surface area contributed by atoms with Crippen LogP contribution in [0.5, 0.6) is 11.5 Å². The van der Waals surface area contributed by atoms with Crippen LogP contribution in [-0.2, 0) is 11.2 Å². The normalized spacial score (nSPS) is 24.9. The zero-order valence-electron chi connectivity index (χ0n) is 19.1. The SMILES string of the molecule is COc1c(Cl)c(C)c(C=O)c(OC)c1C/C=C(C)/C=C/C1(C)C(C)CCC(=O)C1C. The zero-order chi connectivity index (χ0) is 22.6. The Morgan fingerprint density at radius 3 is 2.43 bits per heavy atom. The molecule has 0 amide bonds. The molecule has 0 heterocycles. The van der Waals surface area contributed by atoms with Crippen LogP contribution in [-0.4, -0.2) is 26.3 Å². The fourth-order valence-electron chi connectivity index (χ4n) is 4.24. The van der Waals surface area contributed by atoms with Gasteiger partial charge in [0.15, 0.2) is 6.29 Å². The maximum absolute atomic E-state index is 12.3. The Bertz CT molecular complexity index is 884. The molecule has 1 aromatic rings. The molecule has 3 unspecified atom stereocenters. The Labute approximate surface area is 185 Å². The molecule has 0 radical (unpaired) electrons. The summed E-state index contributed by atoms with van der Waals surface area (Å²) >= 11 is 6.45. The summed E-state index contributed by atoms with van der Waals surface area (Å²) in [6.45, 7) is 10.2. The first kappa shape index (κ1) is 24.2. The molecule has 0 bridgehead atoms. The number of hydrogen-bond donors (Lipinski definition) is 0. The van der Waals surface area contributed by atoms with Crippen LogP contribution in [0.15, 0.2) is 23.8 Å². The van der Waals surface area contributed by atoms with E-state index in [1.54, 1.807) is 21.1 Å². The highest BCUT2D eigenvalue weighted by atomic mass is 35.5. The molecular formula is C25H33ClO4. The van der Waals surface area contributed by atoms with E-state index in [0.717, 1.165) is 23.8 Å². The number of ketones is 1. The first-order valence-electron chi connectivity index (χ1n) is 10.4. The first-order valence-corrected chi connectivity index (χ1v) is 10.8. The Kier molecular flexibility index (Phi) is 7.93. The first-order chi connectivity index (χ1) is 14.1. The van der Waals surface area contributed by atoms with Crippen LogP contribution in [0.4, 0.5) is 0 Å². The van der Waals surface area contributed by atoms with Crippen molar-refractivity contribution in [2.45, 2.75) is 53.9 Å². The number of halogens is 1. The average molecular weight is 433 g/mol. The second-order valence-corrected chi connectivity index (χ2v) is 8.87. The van der Waals surface area contributed by atoms with E-state index in [1.165, 1.54) is 0 Å². The highest BCUT2D eigenvalue weighted by molar-refractivity contribution is 6.33. The van der Waals surface area contributed by atoms with Gasteiger partial charge < -0.3 is 9.47 Å². The quantitative estimate of drug-likeness (QED) is 0.382. The van der Waals surface area contributed by atoms with Gasteiger partial charge in [-0.3, -0.25) is 9.59 Å². The van der Waals surface area contributed by atoms with E-state index in [2.05, 4.69) is 32.1 Å². The molecule has 1 aliphatic carbocycles. The lowest BCUT2D eigenvalue weighted by molar-refractivity contribution is -0.129. The van der Waals surface area contributed by atoms with Gasteiger partial charge in [0.25, 0.3) is 0 Å². The summed E-state index contributed by atoms with van der Waals surface area (Å²) in [6.07, 6.45) is 9.19. The lowest BCUT2D eigenvalue weighted by atomic mass is 9.61. The molecule has 4 nitrogen and oxygen atoms in total. The maximum atomic E-state index is 12.3. The molecule has 1 fully saturated rings. The van der Waals surface area contributed by atoms with Gasteiger partial charge in [-0.15, -0.1) is 0 Å². The molecule has 5 heteroatoms. The molecule has 1 aromatic carbocycles. The zero-order valence-corrected chi connectivity index (χ0v) is 19.9. The smallest absolute Gasteiger partial charge is 0.154 e. The second-order valence-electron chi connectivity index (χ2n) is 8.49. The van der Waals surface area contributed by atoms with E-state index >= 15 is 0 Å². The van der Waals surface area contributed by atoms with Crippen LogP contribution < -0.4 is 9.47 Å². The number of methoxy groups -OCH3 is 2. The fraction of sp³-hybridized carbons (Fsp3) is 0.520. The minimum atomic E-state index is -0.155. The van der Waals surface area contributed by atoms with Gasteiger partial charge in [-0.25, -0.2) is 0 Å². The number of allylic oxidation sites excluding steroid dienone is 4. The molecule has 0 spiro atoms. The molecule has 1 aliphatic rings. The number of Topliss-reactive ketones (excluding diaryl/α,β-unsaturated/α-hetero) is 1. The number of benzene rings is 1. The number of carbonyl (C=O) groups excluding carboxylic acids is 2. The topological polar surface area (TPSA) is 52.6 Å². The molecular weight excluding hydrogens is 400 g/mol. The van der Waals surface area contributed by atoms with E-state index in [-0.39, 0.29) is 11.3 Å². The van der Waals surface area contributed by atoms with Crippen molar-refractivity contribution >= 4 is 23.7 Å². The number of hydrogen-bond acceptors (Lipinski definition) is 4. The van der Waals surface area contributed by atoms with Gasteiger partial charge >= 0.3 is 0 Å². The Morgan fingerprint density at radius 1 is 1.23 bits per heavy atom. The highest BCUT2D eigenvalue weighted by Crippen LogP contribution is 2.45. The van der Waals surface area contributed by atoms with Crippen molar-refractivity contribution in [3.8, 4) is 11.5 Å². The van der Waals surface area contributed by atoms with Crippen LogP contribution in [0.2, 0.25) is 5.02 Å². The van der Waals surface area contributed by atoms with Gasteiger partial charge in [0.05, 0.1) is 24.8 Å². The van der Waals surface area contributed by atoms with Crippen molar-refractivity contribution in [1.29, 1.82) is 0 Å². The van der Waals surface area contributed by atoms with Gasteiger partial charge in [-0.05, 0) is 43.6 Å². The molecule has 0 N–H and O–H groups in total. The number of aldehydes is 1. The summed E-state index contributed by atoms with van der Waals surface area (Å²) < 4.78 is 11.1. The molecule has 0 aliphatic heterocycles. The summed E-state index contributed by atoms with van der Waals surface area (Å²) in [4.78, 5) is 23.9. The number of rotatable bonds is 7. The Hall–Kier alpha value is -2.07. The summed E-state index contributed by atoms with van der Waals surface area (Å²) in [5.41, 5.74) is 2.73. The summed E-state index contributed by atoms with van der Waals surface area (Å²) in [5.74, 6) is 1.81. The fourth-order valence-corrected chi connectivity index (χ4v) is 4.53. The van der Waals surface area contributed by atoms with Crippen molar-refractivity contribution in [3.05, 3.63) is 45.5 Å². The molecule has 0 saturated heterocycles. The Balaban J connectivity index is 2.37. The van der Waals surface area contributed by atoms with Crippen molar-refractivity contribution < 1.29 is 19.1 Å². The maximum Gasteiger partial charge on any atom is 0.154 e. The predicted molar refractivity (Wildman–Crippen MR) is 122 cm³/mol. The standard InChI is InChI=1S/C25H33ClO4/c1-15(12-13-25(5)16(2)9-11-21(28)18(25)4)8-10-19-23(29-6)20(14-27)17(3)22(26)24(19)30-7/h8,12-14,16,18H,9-11H2,1-7H3/b13-12+,15-8+. The Morgan fingerprint density at radius 2 is 1.87 bits per heavy atom. The summed E-state index contributed by atoms with van der Waals surface area (Å²) in [7, 11) is 3.10. The third kappa shape index (κ3) is 4.49.